The van der Waals surface area contributed by atoms with E-state index in [1.54, 1.807) is 0 Å². The Morgan fingerprint density at radius 1 is 0.727 bits per heavy atom. The molecule has 0 radical (unpaired) electrons. The Labute approximate surface area is 134 Å². The third kappa shape index (κ3) is 4.28. The van der Waals surface area contributed by atoms with Crippen molar-refractivity contribution >= 4 is 0 Å². The van der Waals surface area contributed by atoms with Gasteiger partial charge in [0, 0.05) is 11.1 Å². The zero-order chi connectivity index (χ0) is 15.9. The molecule has 0 saturated carbocycles. The predicted octanol–water partition coefficient (Wildman–Crippen LogP) is 4.71. The van der Waals surface area contributed by atoms with Crippen LogP contribution >= 0.6 is 0 Å². The van der Waals surface area contributed by atoms with E-state index in [1.807, 2.05) is 24.3 Å². The Kier molecular flexibility index (Phi) is 5.46. The molecule has 0 bridgehead atoms. The second-order valence-corrected chi connectivity index (χ2v) is 6.09. The van der Waals surface area contributed by atoms with Crippen molar-refractivity contribution in [2.75, 3.05) is 0 Å². The molecule has 0 heterocycles. The van der Waals surface area contributed by atoms with Gasteiger partial charge < -0.3 is 0 Å². The first-order valence-electron chi connectivity index (χ1n) is 7.73. The van der Waals surface area contributed by atoms with Crippen molar-refractivity contribution in [2.45, 2.75) is 26.7 Å². The van der Waals surface area contributed by atoms with Crippen molar-refractivity contribution in [1.82, 2.24) is 0 Å². The second-order valence-electron chi connectivity index (χ2n) is 6.09. The molecule has 0 aliphatic rings. The predicted molar refractivity (Wildman–Crippen MR) is 94.5 cm³/mol. The molecule has 0 amide bonds. The molecule has 0 nitrogen and oxygen atoms in total. The molecule has 2 aromatic rings. The molecule has 2 aromatic carbocycles. The lowest BCUT2D eigenvalue weighted by Crippen LogP contribution is -2.15. The van der Waals surface area contributed by atoms with Gasteiger partial charge in [0.2, 0.25) is 0 Å². The standard InChI is InChI=1S/C22H22/c1-5-18-7-11-20(12-8-18)15-22(17(3)4)16-21-13-9-19(6-2)10-14-21/h1-2,7-14,17,22H,15-16H2,3-4H3. The van der Waals surface area contributed by atoms with Gasteiger partial charge in [0.25, 0.3) is 0 Å². The van der Waals surface area contributed by atoms with E-state index in [0.717, 1.165) is 24.0 Å². The lowest BCUT2D eigenvalue weighted by molar-refractivity contribution is 0.380. The van der Waals surface area contributed by atoms with Crippen LogP contribution in [0.15, 0.2) is 48.5 Å². The number of hydrogen-bond donors (Lipinski definition) is 0. The lowest BCUT2D eigenvalue weighted by atomic mass is 9.84. The van der Waals surface area contributed by atoms with E-state index in [1.165, 1.54) is 11.1 Å². The first-order chi connectivity index (χ1) is 10.6. The second kappa shape index (κ2) is 7.53. The van der Waals surface area contributed by atoms with E-state index >= 15 is 0 Å². The molecule has 0 unspecified atom stereocenters. The van der Waals surface area contributed by atoms with Crippen molar-refractivity contribution in [3.63, 3.8) is 0 Å². The van der Waals surface area contributed by atoms with Gasteiger partial charge in [0.15, 0.2) is 0 Å². The molecule has 0 saturated heterocycles. The Morgan fingerprint density at radius 3 is 1.36 bits per heavy atom. The summed E-state index contributed by atoms with van der Waals surface area (Å²) < 4.78 is 0. The number of hydrogen-bond acceptors (Lipinski definition) is 0. The Hall–Kier alpha value is -2.44. The third-order valence-corrected chi connectivity index (χ3v) is 4.18. The van der Waals surface area contributed by atoms with Crippen LogP contribution in [-0.2, 0) is 12.8 Å². The minimum Gasteiger partial charge on any atom is -0.115 e. The van der Waals surface area contributed by atoms with Gasteiger partial charge in [-0.15, -0.1) is 12.8 Å². The first kappa shape index (κ1) is 15.9. The Morgan fingerprint density at radius 2 is 1.09 bits per heavy atom. The molecular formula is C22H22. The fourth-order valence-corrected chi connectivity index (χ4v) is 2.62. The molecule has 0 aliphatic heterocycles. The quantitative estimate of drug-likeness (QED) is 0.698. The van der Waals surface area contributed by atoms with Gasteiger partial charge >= 0.3 is 0 Å². The summed E-state index contributed by atoms with van der Waals surface area (Å²) in [6.07, 6.45) is 13.0. The highest BCUT2D eigenvalue weighted by atomic mass is 14.2. The molecule has 22 heavy (non-hydrogen) atoms. The van der Waals surface area contributed by atoms with Gasteiger partial charge in [-0.05, 0) is 60.1 Å². The van der Waals surface area contributed by atoms with E-state index < -0.39 is 0 Å². The largest absolute Gasteiger partial charge is 0.115 e. The SMILES string of the molecule is C#Cc1ccc(CC(Cc2ccc(C#C)cc2)C(C)C)cc1. The molecule has 2 rings (SSSR count). The fourth-order valence-electron chi connectivity index (χ4n) is 2.62. The van der Waals surface area contributed by atoms with Gasteiger partial charge in [-0.2, -0.15) is 0 Å². The van der Waals surface area contributed by atoms with Crippen LogP contribution in [0.3, 0.4) is 0 Å². The summed E-state index contributed by atoms with van der Waals surface area (Å²) in [5.74, 6) is 6.56. The van der Waals surface area contributed by atoms with E-state index in [2.05, 4.69) is 50.0 Å². The van der Waals surface area contributed by atoms with Crippen LogP contribution in [0.4, 0.5) is 0 Å². The van der Waals surface area contributed by atoms with E-state index in [0.29, 0.717) is 11.8 Å². The van der Waals surface area contributed by atoms with Gasteiger partial charge in [-0.25, -0.2) is 0 Å². The highest BCUT2D eigenvalue weighted by Gasteiger charge is 2.15. The normalized spacial score (nSPS) is 10.5. The summed E-state index contributed by atoms with van der Waals surface area (Å²) >= 11 is 0. The van der Waals surface area contributed by atoms with Crippen LogP contribution in [-0.4, -0.2) is 0 Å². The summed E-state index contributed by atoms with van der Waals surface area (Å²) in [7, 11) is 0. The maximum Gasteiger partial charge on any atom is 0.0242 e. The number of benzene rings is 2. The van der Waals surface area contributed by atoms with Crippen molar-refractivity contribution < 1.29 is 0 Å². The van der Waals surface area contributed by atoms with Crippen molar-refractivity contribution in [1.29, 1.82) is 0 Å². The molecule has 0 aromatic heterocycles. The van der Waals surface area contributed by atoms with Gasteiger partial charge in [0.05, 0.1) is 0 Å². The fraction of sp³-hybridized carbons (Fsp3) is 0.273. The van der Waals surface area contributed by atoms with Crippen LogP contribution in [0.1, 0.15) is 36.1 Å². The lowest BCUT2D eigenvalue weighted by Gasteiger charge is -2.21. The maximum absolute atomic E-state index is 5.41. The summed E-state index contributed by atoms with van der Waals surface area (Å²) in [6.45, 7) is 4.58. The zero-order valence-electron chi connectivity index (χ0n) is 13.3. The topological polar surface area (TPSA) is 0 Å². The van der Waals surface area contributed by atoms with E-state index in [4.69, 9.17) is 12.8 Å². The van der Waals surface area contributed by atoms with Crippen molar-refractivity contribution in [3.05, 3.63) is 70.8 Å². The van der Waals surface area contributed by atoms with Crippen molar-refractivity contribution in [2.24, 2.45) is 11.8 Å². The summed E-state index contributed by atoms with van der Waals surface area (Å²) in [5.41, 5.74) is 4.57. The molecule has 0 N–H and O–H groups in total. The first-order valence-corrected chi connectivity index (χ1v) is 7.73. The summed E-state index contributed by atoms with van der Waals surface area (Å²) in [6, 6.07) is 16.7. The summed E-state index contributed by atoms with van der Waals surface area (Å²) in [4.78, 5) is 0. The minimum atomic E-state index is 0.605. The molecule has 0 heteroatoms. The highest BCUT2D eigenvalue weighted by molar-refractivity contribution is 5.35. The molecule has 0 spiro atoms. The minimum absolute atomic E-state index is 0.605. The van der Waals surface area contributed by atoms with Crippen LogP contribution in [0.5, 0.6) is 0 Å². The van der Waals surface area contributed by atoms with Crippen LogP contribution < -0.4 is 0 Å². The van der Waals surface area contributed by atoms with E-state index in [-0.39, 0.29) is 0 Å². The zero-order valence-corrected chi connectivity index (χ0v) is 13.3. The number of terminal acetylenes is 2. The Bertz CT molecular complexity index is 613. The van der Waals surface area contributed by atoms with Gasteiger partial charge in [-0.1, -0.05) is 50.0 Å². The van der Waals surface area contributed by atoms with Gasteiger partial charge in [-0.3, -0.25) is 0 Å². The average molecular weight is 286 g/mol. The molecule has 0 atom stereocenters. The number of rotatable bonds is 5. The third-order valence-electron chi connectivity index (χ3n) is 4.18. The molecular weight excluding hydrogens is 264 g/mol. The summed E-state index contributed by atoms with van der Waals surface area (Å²) in [5, 5.41) is 0. The van der Waals surface area contributed by atoms with Gasteiger partial charge in [0.1, 0.15) is 0 Å². The Balaban J connectivity index is 2.09. The van der Waals surface area contributed by atoms with Crippen LogP contribution in [0.2, 0.25) is 0 Å². The molecule has 0 aliphatic carbocycles. The van der Waals surface area contributed by atoms with Crippen LogP contribution in [0.25, 0.3) is 0 Å². The smallest absolute Gasteiger partial charge is 0.0242 e. The monoisotopic (exact) mass is 286 g/mol. The van der Waals surface area contributed by atoms with E-state index in [9.17, 15) is 0 Å². The highest BCUT2D eigenvalue weighted by Crippen LogP contribution is 2.22. The molecule has 0 fully saturated rings. The average Bonchev–Trinajstić information content (AvgIpc) is 2.55. The molecule has 110 valence electrons. The van der Waals surface area contributed by atoms with Crippen molar-refractivity contribution in [3.8, 4) is 24.7 Å². The van der Waals surface area contributed by atoms with Crippen LogP contribution in [0, 0.1) is 36.5 Å². The maximum atomic E-state index is 5.41.